The number of hydrogen-bond donors (Lipinski definition) is 1. The van der Waals surface area contributed by atoms with Gasteiger partial charge < -0.3 is 9.84 Å². The van der Waals surface area contributed by atoms with E-state index in [1.165, 1.54) is 24.3 Å². The molecule has 1 aromatic rings. The van der Waals surface area contributed by atoms with Crippen molar-refractivity contribution in [2.24, 2.45) is 0 Å². The van der Waals surface area contributed by atoms with E-state index in [0.29, 0.717) is 0 Å². The minimum Gasteiger partial charge on any atom is -0.465 e. The Hall–Kier alpha value is -1.56. The van der Waals surface area contributed by atoms with E-state index in [1.54, 1.807) is 0 Å². The van der Waals surface area contributed by atoms with Crippen LogP contribution in [-0.4, -0.2) is 24.4 Å². The third-order valence-corrected chi connectivity index (χ3v) is 2.46. The van der Waals surface area contributed by atoms with E-state index < -0.39 is 24.2 Å². The zero-order valence-electron chi connectivity index (χ0n) is 9.91. The Labute approximate surface area is 102 Å². The number of methoxy groups -OCH3 is 1. The highest BCUT2D eigenvalue weighted by Crippen LogP contribution is 2.35. The highest BCUT2D eigenvalue weighted by atomic mass is 19.4. The topological polar surface area (TPSA) is 46.5 Å². The molecule has 0 saturated heterocycles. The molecule has 0 bridgehead atoms. The summed E-state index contributed by atoms with van der Waals surface area (Å²) in [4.78, 5) is 11.4. The van der Waals surface area contributed by atoms with Crippen molar-refractivity contribution >= 4 is 5.97 Å². The van der Waals surface area contributed by atoms with E-state index in [1.807, 2.05) is 0 Å². The van der Waals surface area contributed by atoms with Crippen LogP contribution in [0.5, 0.6) is 0 Å². The summed E-state index contributed by atoms with van der Waals surface area (Å²) >= 11 is 0. The zero-order valence-corrected chi connectivity index (χ0v) is 9.91. The minimum atomic E-state index is -4.53. The zero-order chi connectivity index (χ0) is 14.0. The summed E-state index contributed by atoms with van der Waals surface area (Å²) in [6, 6.07) is 5.52. The predicted octanol–water partition coefficient (Wildman–Crippen LogP) is 2.63. The number of hydrogen-bond acceptors (Lipinski definition) is 3. The van der Waals surface area contributed by atoms with E-state index in [2.05, 4.69) is 4.74 Å². The summed E-state index contributed by atoms with van der Waals surface area (Å²) < 4.78 is 41.6. The van der Waals surface area contributed by atoms with Crippen LogP contribution >= 0.6 is 0 Å². The minimum absolute atomic E-state index is 0.0748. The van der Waals surface area contributed by atoms with Crippen molar-refractivity contribution in [3.63, 3.8) is 0 Å². The van der Waals surface area contributed by atoms with Gasteiger partial charge in [0.2, 0.25) is 0 Å². The molecule has 3 nitrogen and oxygen atoms in total. The van der Waals surface area contributed by atoms with Gasteiger partial charge in [0, 0.05) is 0 Å². The van der Waals surface area contributed by atoms with E-state index in [4.69, 9.17) is 0 Å². The lowest BCUT2D eigenvalue weighted by Gasteiger charge is -2.26. The fourth-order valence-corrected chi connectivity index (χ4v) is 1.73. The lowest BCUT2D eigenvalue weighted by atomic mass is 9.88. The fraction of sp³-hybridized carbons (Fsp3) is 0.417. The molecule has 0 aliphatic heterocycles. The van der Waals surface area contributed by atoms with Gasteiger partial charge in [0.15, 0.2) is 0 Å². The largest absolute Gasteiger partial charge is 0.465 e. The molecule has 1 aromatic carbocycles. The van der Waals surface area contributed by atoms with Gasteiger partial charge in [-0.2, -0.15) is 13.2 Å². The molecule has 18 heavy (non-hydrogen) atoms. The van der Waals surface area contributed by atoms with Crippen LogP contribution in [0.2, 0.25) is 0 Å². The number of benzene rings is 1. The van der Waals surface area contributed by atoms with Crippen LogP contribution in [0.25, 0.3) is 0 Å². The molecule has 0 aliphatic carbocycles. The van der Waals surface area contributed by atoms with Gasteiger partial charge in [-0.05, 0) is 18.6 Å². The number of halogens is 3. The molecule has 0 aliphatic rings. The first-order chi connectivity index (χ1) is 8.17. The number of aliphatic hydroxyl groups is 1. The average Bonchev–Trinajstić information content (AvgIpc) is 2.25. The first kappa shape index (κ1) is 14.5. The van der Waals surface area contributed by atoms with Crippen molar-refractivity contribution in [3.05, 3.63) is 35.4 Å². The van der Waals surface area contributed by atoms with Gasteiger partial charge in [-0.3, -0.25) is 0 Å². The van der Waals surface area contributed by atoms with Gasteiger partial charge in [0.25, 0.3) is 0 Å². The van der Waals surface area contributed by atoms with Crippen molar-refractivity contribution in [2.75, 3.05) is 7.11 Å². The molecule has 100 valence electrons. The van der Waals surface area contributed by atoms with Crippen molar-refractivity contribution in [1.82, 2.24) is 0 Å². The Morgan fingerprint density at radius 2 is 1.89 bits per heavy atom. The van der Waals surface area contributed by atoms with Gasteiger partial charge in [-0.25, -0.2) is 4.79 Å². The number of rotatable bonds is 3. The molecule has 0 amide bonds. The number of alkyl halides is 3. The number of esters is 1. The van der Waals surface area contributed by atoms with E-state index in [9.17, 15) is 23.1 Å². The second-order valence-corrected chi connectivity index (χ2v) is 4.10. The normalized spacial score (nSPS) is 15.0. The Morgan fingerprint density at radius 3 is 2.39 bits per heavy atom. The summed E-state index contributed by atoms with van der Waals surface area (Å²) in [5, 5.41) is 9.92. The third-order valence-electron chi connectivity index (χ3n) is 2.46. The third kappa shape index (κ3) is 3.46. The standard InChI is InChI=1S/C12H13F3O3/c1-11(17,7-12(13,14)15)9-6-4-3-5-8(9)10(16)18-2/h3-6,17H,7H2,1-2H3. The lowest BCUT2D eigenvalue weighted by Crippen LogP contribution is -2.31. The van der Waals surface area contributed by atoms with Crippen molar-refractivity contribution in [1.29, 1.82) is 0 Å². The van der Waals surface area contributed by atoms with Crippen molar-refractivity contribution < 1.29 is 27.8 Å². The number of carbonyl (C=O) groups excluding carboxylic acids is 1. The second kappa shape index (κ2) is 4.97. The first-order valence-electron chi connectivity index (χ1n) is 5.14. The molecular formula is C12H13F3O3. The van der Waals surface area contributed by atoms with Crippen LogP contribution in [0.1, 0.15) is 29.3 Å². The summed E-state index contributed by atoms with van der Waals surface area (Å²) in [5.74, 6) is -0.784. The molecule has 0 radical (unpaired) electrons. The molecular weight excluding hydrogens is 249 g/mol. The number of carbonyl (C=O) groups is 1. The van der Waals surface area contributed by atoms with Gasteiger partial charge in [0.1, 0.15) is 0 Å². The molecule has 1 unspecified atom stereocenters. The maximum atomic E-state index is 12.4. The molecule has 0 saturated carbocycles. The van der Waals surface area contributed by atoms with Gasteiger partial charge in [-0.15, -0.1) is 0 Å². The van der Waals surface area contributed by atoms with E-state index >= 15 is 0 Å². The summed E-state index contributed by atoms with van der Waals surface area (Å²) in [6.07, 6.45) is -5.97. The van der Waals surface area contributed by atoms with Crippen LogP contribution in [0, 0.1) is 0 Å². The summed E-state index contributed by atoms with van der Waals surface area (Å²) in [5.41, 5.74) is -2.35. The molecule has 1 N–H and O–H groups in total. The quantitative estimate of drug-likeness (QED) is 0.852. The van der Waals surface area contributed by atoms with Crippen LogP contribution in [0.15, 0.2) is 24.3 Å². The Balaban J connectivity index is 3.19. The van der Waals surface area contributed by atoms with E-state index in [0.717, 1.165) is 14.0 Å². The highest BCUT2D eigenvalue weighted by Gasteiger charge is 2.40. The molecule has 1 rings (SSSR count). The van der Waals surface area contributed by atoms with Gasteiger partial charge in [0.05, 0.1) is 24.7 Å². The predicted molar refractivity (Wildman–Crippen MR) is 58.0 cm³/mol. The van der Waals surface area contributed by atoms with Crippen LogP contribution in [0.4, 0.5) is 13.2 Å². The Kier molecular flexibility index (Phi) is 4.01. The van der Waals surface area contributed by atoms with Crippen molar-refractivity contribution in [2.45, 2.75) is 25.1 Å². The second-order valence-electron chi connectivity index (χ2n) is 4.10. The Bertz CT molecular complexity index is 438. The summed E-state index contributed by atoms with van der Waals surface area (Å²) in [7, 11) is 1.12. The maximum Gasteiger partial charge on any atom is 0.392 e. The highest BCUT2D eigenvalue weighted by molar-refractivity contribution is 5.91. The monoisotopic (exact) mass is 262 g/mol. The van der Waals surface area contributed by atoms with Gasteiger partial charge in [-0.1, -0.05) is 18.2 Å². The number of ether oxygens (including phenoxy) is 1. The summed E-state index contributed by atoms with van der Waals surface area (Å²) in [6.45, 7) is 1.02. The molecule has 0 fully saturated rings. The van der Waals surface area contributed by atoms with E-state index in [-0.39, 0.29) is 11.1 Å². The first-order valence-corrected chi connectivity index (χ1v) is 5.14. The maximum absolute atomic E-state index is 12.4. The molecule has 6 heteroatoms. The molecule has 0 heterocycles. The van der Waals surface area contributed by atoms with Crippen molar-refractivity contribution in [3.8, 4) is 0 Å². The SMILES string of the molecule is COC(=O)c1ccccc1C(C)(O)CC(F)(F)F. The molecule has 0 spiro atoms. The smallest absolute Gasteiger partial charge is 0.392 e. The molecule has 1 atom stereocenters. The van der Waals surface area contributed by atoms with Gasteiger partial charge >= 0.3 is 12.1 Å². The molecule has 0 aromatic heterocycles. The fourth-order valence-electron chi connectivity index (χ4n) is 1.73. The van der Waals surface area contributed by atoms with Crippen LogP contribution in [-0.2, 0) is 10.3 Å². The lowest BCUT2D eigenvalue weighted by molar-refractivity contribution is -0.174. The average molecular weight is 262 g/mol. The van der Waals surface area contributed by atoms with Crippen LogP contribution in [0.3, 0.4) is 0 Å². The Morgan fingerprint density at radius 1 is 1.33 bits per heavy atom. The van der Waals surface area contributed by atoms with Crippen LogP contribution < -0.4 is 0 Å².